The predicted octanol–water partition coefficient (Wildman–Crippen LogP) is 1.30. The Balaban J connectivity index is 0.000000250. The molecule has 1 heteroatoms. The summed E-state index contributed by atoms with van der Waals surface area (Å²) in [5, 5.41) is 0. The van der Waals surface area contributed by atoms with Gasteiger partial charge in [-0.2, -0.15) is 6.08 Å². The van der Waals surface area contributed by atoms with Gasteiger partial charge in [-0.3, -0.25) is 6.08 Å². The first kappa shape index (κ1) is 6.00. The maximum Gasteiger partial charge on any atom is 2.00 e. The fourth-order valence-electron chi connectivity index (χ4n) is 0.340. The zero-order valence-electron chi connectivity index (χ0n) is 3.29. The molecule has 0 aromatic rings. The van der Waals surface area contributed by atoms with Gasteiger partial charge in [-0.15, -0.1) is 6.42 Å². The van der Waals surface area contributed by atoms with E-state index in [1.165, 1.54) is 0 Å². The molecule has 0 aromatic carbocycles. The first-order valence-corrected chi connectivity index (χ1v) is 1.72. The molecule has 0 bridgehead atoms. The largest absolute Gasteiger partial charge is 2.00 e. The third-order valence-electron chi connectivity index (χ3n) is 0.586. The van der Waals surface area contributed by atoms with E-state index in [9.17, 15) is 0 Å². The van der Waals surface area contributed by atoms with Crippen LogP contribution in [0.2, 0.25) is 0 Å². The molecule has 6 heavy (non-hydrogen) atoms. The molecule has 0 nitrogen and oxygen atoms in total. The fraction of sp³-hybridized carbons (Fsp3) is 0.200. The molecule has 1 aliphatic rings. The molecule has 0 amide bonds. The Morgan fingerprint density at radius 1 is 1.50 bits per heavy atom. The molecule has 0 N–H and O–H groups in total. The quantitative estimate of drug-likeness (QED) is 0.334. The van der Waals surface area contributed by atoms with Gasteiger partial charge >= 0.3 is 17.1 Å². The monoisotopic (exact) mass is 121 g/mol. The second kappa shape index (κ2) is 3.20. The van der Waals surface area contributed by atoms with Crippen LogP contribution in [0.3, 0.4) is 0 Å². The van der Waals surface area contributed by atoms with Crippen LogP contribution in [0.4, 0.5) is 0 Å². The molecule has 0 aliphatic heterocycles. The van der Waals surface area contributed by atoms with Crippen molar-refractivity contribution in [1.29, 1.82) is 0 Å². The van der Waals surface area contributed by atoms with E-state index in [0.29, 0.717) is 0 Å². The van der Waals surface area contributed by atoms with Gasteiger partial charge in [0.2, 0.25) is 0 Å². The maximum absolute atomic E-state index is 2.99. The van der Waals surface area contributed by atoms with Gasteiger partial charge in [0.25, 0.3) is 0 Å². The second-order valence-electron chi connectivity index (χ2n) is 1.00. The fourth-order valence-corrected chi connectivity index (χ4v) is 0.340. The summed E-state index contributed by atoms with van der Waals surface area (Å²) in [6.07, 6.45) is 10.0. The van der Waals surface area contributed by atoms with Crippen molar-refractivity contribution in [3.05, 3.63) is 24.3 Å². The molecule has 0 heterocycles. The van der Waals surface area contributed by atoms with Gasteiger partial charge in [0.1, 0.15) is 0 Å². The van der Waals surface area contributed by atoms with Gasteiger partial charge < -0.3 is 0 Å². The molecule has 0 fully saturated rings. The number of allylic oxidation sites excluding steroid dienone is 4. The molecule has 0 spiro atoms. The van der Waals surface area contributed by atoms with Crippen LogP contribution < -0.4 is 0 Å². The van der Waals surface area contributed by atoms with Crippen LogP contribution in [-0.4, -0.2) is 0 Å². The minimum Gasteiger partial charge on any atom is -0.273 e. The van der Waals surface area contributed by atoms with Gasteiger partial charge in [-0.1, -0.05) is 0 Å². The predicted molar refractivity (Wildman–Crippen MR) is 21.6 cm³/mol. The van der Waals surface area contributed by atoms with Gasteiger partial charge in [0.15, 0.2) is 0 Å². The average Bonchev–Trinajstić information content (AvgIpc) is 1.76. The molecule has 1 aliphatic carbocycles. The van der Waals surface area contributed by atoms with Crippen molar-refractivity contribution in [1.82, 2.24) is 0 Å². The summed E-state index contributed by atoms with van der Waals surface area (Å²) in [7, 11) is 0. The van der Waals surface area contributed by atoms with Crippen LogP contribution >= 0.6 is 0 Å². The Morgan fingerprint density at radius 2 is 2.33 bits per heavy atom. The topological polar surface area (TPSA) is 0 Å². The van der Waals surface area contributed by atoms with E-state index in [0.717, 1.165) is 6.42 Å². The molecule has 0 saturated heterocycles. The standard InChI is InChI=1S/C5H5.Fe/c1-2-4-5-3-1;/h1-3H,4H2;/q-1;+2. The minimum atomic E-state index is 0. The first-order chi connectivity index (χ1) is 2.50. The summed E-state index contributed by atoms with van der Waals surface area (Å²) < 4.78 is 0. The minimum absolute atomic E-state index is 0. The summed E-state index contributed by atoms with van der Waals surface area (Å²) >= 11 is 0. The van der Waals surface area contributed by atoms with Gasteiger partial charge in [-0.05, 0) is 0 Å². The van der Waals surface area contributed by atoms with E-state index < -0.39 is 0 Å². The Bertz CT molecular complexity index is 62.0. The molecular weight excluding hydrogens is 116 g/mol. The summed E-state index contributed by atoms with van der Waals surface area (Å²) in [5.41, 5.74) is 0. The normalized spacial score (nSPS) is 14.7. The Kier molecular flexibility index (Phi) is 3.20. The molecule has 1 rings (SSSR count). The molecule has 32 valence electrons. The second-order valence-corrected chi connectivity index (χ2v) is 1.00. The molecule has 0 aromatic heterocycles. The summed E-state index contributed by atoms with van der Waals surface area (Å²) in [6.45, 7) is 0. The van der Waals surface area contributed by atoms with Crippen molar-refractivity contribution in [2.45, 2.75) is 6.42 Å². The van der Waals surface area contributed by atoms with Crippen molar-refractivity contribution >= 4 is 0 Å². The summed E-state index contributed by atoms with van der Waals surface area (Å²) in [5.74, 6) is 0. The average molecular weight is 121 g/mol. The molecule has 0 saturated carbocycles. The van der Waals surface area contributed by atoms with Gasteiger partial charge in [0, 0.05) is 0 Å². The molecule has 0 unspecified atom stereocenters. The zero-order valence-corrected chi connectivity index (χ0v) is 4.40. The van der Waals surface area contributed by atoms with E-state index >= 15 is 0 Å². The summed E-state index contributed by atoms with van der Waals surface area (Å²) in [6, 6.07) is 0. The Morgan fingerprint density at radius 3 is 2.50 bits per heavy atom. The smallest absolute Gasteiger partial charge is 0.273 e. The Hall–Kier alpha value is -0.000519. The van der Waals surface area contributed by atoms with E-state index in [4.69, 9.17) is 0 Å². The number of hydrogen-bond acceptors (Lipinski definition) is 0. The Labute approximate surface area is 48.4 Å². The maximum atomic E-state index is 2.99. The van der Waals surface area contributed by atoms with Crippen molar-refractivity contribution in [3.8, 4) is 0 Å². The number of rotatable bonds is 0. The van der Waals surface area contributed by atoms with Gasteiger partial charge in [0.05, 0.1) is 0 Å². The SMILES string of the molecule is [C-]1=CC=CC1.[Fe+2]. The first-order valence-electron chi connectivity index (χ1n) is 1.72. The van der Waals surface area contributed by atoms with Crippen molar-refractivity contribution in [2.75, 3.05) is 0 Å². The molecule has 0 atom stereocenters. The van der Waals surface area contributed by atoms with E-state index in [1.54, 1.807) is 0 Å². The number of hydrogen-bond donors (Lipinski definition) is 0. The third kappa shape index (κ3) is 1.44. The molecular formula is C5H5Fe+. The van der Waals surface area contributed by atoms with Crippen molar-refractivity contribution in [3.63, 3.8) is 0 Å². The van der Waals surface area contributed by atoms with Crippen LogP contribution in [0.1, 0.15) is 6.42 Å². The van der Waals surface area contributed by atoms with Crippen molar-refractivity contribution in [2.24, 2.45) is 0 Å². The van der Waals surface area contributed by atoms with Gasteiger partial charge in [-0.25, -0.2) is 12.2 Å². The van der Waals surface area contributed by atoms with Crippen LogP contribution in [0.15, 0.2) is 18.2 Å². The summed E-state index contributed by atoms with van der Waals surface area (Å²) in [4.78, 5) is 0. The zero-order chi connectivity index (χ0) is 3.54. The van der Waals surface area contributed by atoms with Crippen LogP contribution in [0.25, 0.3) is 0 Å². The van der Waals surface area contributed by atoms with Crippen LogP contribution in [0, 0.1) is 6.08 Å². The van der Waals surface area contributed by atoms with E-state index in [2.05, 4.69) is 12.2 Å². The van der Waals surface area contributed by atoms with Crippen LogP contribution in [-0.2, 0) is 17.1 Å². The van der Waals surface area contributed by atoms with Crippen LogP contribution in [0.5, 0.6) is 0 Å². The van der Waals surface area contributed by atoms with E-state index in [1.807, 2.05) is 12.2 Å². The third-order valence-corrected chi connectivity index (χ3v) is 0.586. The van der Waals surface area contributed by atoms with Crippen molar-refractivity contribution < 1.29 is 17.1 Å². The van der Waals surface area contributed by atoms with E-state index in [-0.39, 0.29) is 17.1 Å². The molecule has 0 radical (unpaired) electrons.